The minimum absolute atomic E-state index is 0. The Balaban J connectivity index is 0.00000364. The molecule has 27 heavy (non-hydrogen) atoms. The minimum Gasteiger partial charge on any atom is -0.468 e. The summed E-state index contributed by atoms with van der Waals surface area (Å²) in [4.78, 5) is 18.6. The van der Waals surface area contributed by atoms with Crippen molar-refractivity contribution < 1.29 is 13.9 Å². The van der Waals surface area contributed by atoms with E-state index in [1.54, 1.807) is 6.26 Å². The first-order valence-corrected chi connectivity index (χ1v) is 9.69. The fourth-order valence-corrected chi connectivity index (χ4v) is 3.11. The maximum atomic E-state index is 11.4. The van der Waals surface area contributed by atoms with Crippen molar-refractivity contribution in [3.8, 4) is 0 Å². The van der Waals surface area contributed by atoms with Crippen LogP contribution in [0.5, 0.6) is 0 Å². The van der Waals surface area contributed by atoms with Gasteiger partial charge in [-0.1, -0.05) is 0 Å². The molecule has 1 saturated heterocycles. The van der Waals surface area contributed by atoms with Crippen LogP contribution in [0.25, 0.3) is 0 Å². The van der Waals surface area contributed by atoms with E-state index < -0.39 is 0 Å². The molecule has 1 unspecified atom stereocenters. The fourth-order valence-electron chi connectivity index (χ4n) is 3.11. The molecule has 8 heteroatoms. The highest BCUT2D eigenvalue weighted by Crippen LogP contribution is 2.25. The van der Waals surface area contributed by atoms with Gasteiger partial charge in [0.1, 0.15) is 5.76 Å². The van der Waals surface area contributed by atoms with Crippen LogP contribution < -0.4 is 10.6 Å². The van der Waals surface area contributed by atoms with Gasteiger partial charge in [-0.3, -0.25) is 14.7 Å². The lowest BCUT2D eigenvalue weighted by molar-refractivity contribution is -0.143. The number of likely N-dealkylation sites (tertiary alicyclic amines) is 1. The number of rotatable bonds is 10. The van der Waals surface area contributed by atoms with Crippen LogP contribution in [0.15, 0.2) is 27.8 Å². The van der Waals surface area contributed by atoms with E-state index >= 15 is 0 Å². The first-order valence-electron chi connectivity index (χ1n) is 9.69. The predicted molar refractivity (Wildman–Crippen MR) is 118 cm³/mol. The number of carbonyl (C=O) groups excluding carboxylic acids is 1. The molecule has 0 spiro atoms. The Kier molecular flexibility index (Phi) is 12.2. The zero-order valence-corrected chi connectivity index (χ0v) is 18.7. The SMILES string of the molecule is CCNC(=NCC(c1ccco1)N1CCCC1)NCCCC(=O)OCC.I. The molecule has 2 N–H and O–H groups in total. The van der Waals surface area contributed by atoms with Gasteiger partial charge in [0.25, 0.3) is 0 Å². The molecule has 0 bridgehead atoms. The van der Waals surface area contributed by atoms with Gasteiger partial charge in [0.05, 0.1) is 25.5 Å². The van der Waals surface area contributed by atoms with Crippen LogP contribution in [0.2, 0.25) is 0 Å². The van der Waals surface area contributed by atoms with Gasteiger partial charge >= 0.3 is 5.97 Å². The maximum absolute atomic E-state index is 11.4. The number of aliphatic imine (C=N–C) groups is 1. The Bertz CT molecular complexity index is 545. The number of guanidine groups is 1. The summed E-state index contributed by atoms with van der Waals surface area (Å²) in [6.45, 7) is 8.58. The van der Waals surface area contributed by atoms with E-state index in [1.165, 1.54) is 12.8 Å². The van der Waals surface area contributed by atoms with Crippen molar-refractivity contribution in [3.63, 3.8) is 0 Å². The minimum atomic E-state index is -0.150. The number of nitrogens with one attached hydrogen (secondary N) is 2. The molecule has 0 radical (unpaired) electrons. The first kappa shape index (κ1) is 23.7. The normalized spacial score (nSPS) is 15.9. The molecule has 1 aromatic heterocycles. The summed E-state index contributed by atoms with van der Waals surface area (Å²) in [6, 6.07) is 4.13. The second kappa shape index (κ2) is 13.8. The van der Waals surface area contributed by atoms with Crippen molar-refractivity contribution in [2.24, 2.45) is 4.99 Å². The standard InChI is InChI=1S/C19H32N4O3.HI/c1-3-20-19(21-11-7-10-18(24)25-4-2)22-15-16(17-9-8-14-26-17)23-12-5-6-13-23;/h8-9,14,16H,3-7,10-13,15H2,1-2H3,(H2,20,21,22);1H. The van der Waals surface area contributed by atoms with Gasteiger partial charge < -0.3 is 19.8 Å². The fraction of sp³-hybridized carbons (Fsp3) is 0.684. The molecule has 0 aromatic carbocycles. The molecule has 2 rings (SSSR count). The molecule has 7 nitrogen and oxygen atoms in total. The van der Waals surface area contributed by atoms with E-state index in [-0.39, 0.29) is 36.0 Å². The Morgan fingerprint density at radius 3 is 2.74 bits per heavy atom. The van der Waals surface area contributed by atoms with Gasteiger partial charge in [-0.2, -0.15) is 0 Å². The van der Waals surface area contributed by atoms with Gasteiger partial charge in [0, 0.05) is 19.5 Å². The highest BCUT2D eigenvalue weighted by Gasteiger charge is 2.25. The highest BCUT2D eigenvalue weighted by molar-refractivity contribution is 14.0. The Hall–Kier alpha value is -1.29. The molecular weight excluding hydrogens is 459 g/mol. The van der Waals surface area contributed by atoms with Gasteiger partial charge in [0.2, 0.25) is 0 Å². The van der Waals surface area contributed by atoms with E-state index in [0.29, 0.717) is 26.1 Å². The van der Waals surface area contributed by atoms with Crippen molar-refractivity contribution in [2.75, 3.05) is 39.3 Å². The molecule has 1 atom stereocenters. The van der Waals surface area contributed by atoms with Gasteiger partial charge in [-0.25, -0.2) is 0 Å². The van der Waals surface area contributed by atoms with Gasteiger partial charge in [-0.15, -0.1) is 24.0 Å². The lowest BCUT2D eigenvalue weighted by Crippen LogP contribution is -2.39. The van der Waals surface area contributed by atoms with E-state index in [9.17, 15) is 4.79 Å². The topological polar surface area (TPSA) is 79.1 Å². The Labute approximate surface area is 179 Å². The van der Waals surface area contributed by atoms with Gasteiger partial charge in [0.15, 0.2) is 5.96 Å². The molecule has 2 heterocycles. The van der Waals surface area contributed by atoms with Gasteiger partial charge in [-0.05, 0) is 58.3 Å². The number of hydrogen-bond donors (Lipinski definition) is 2. The second-order valence-electron chi connectivity index (χ2n) is 6.33. The zero-order valence-electron chi connectivity index (χ0n) is 16.4. The van der Waals surface area contributed by atoms with Crippen LogP contribution in [-0.2, 0) is 9.53 Å². The van der Waals surface area contributed by atoms with Crippen molar-refractivity contribution in [1.29, 1.82) is 0 Å². The number of halogens is 1. The first-order chi connectivity index (χ1) is 12.7. The molecule has 0 aliphatic carbocycles. The number of furan rings is 1. The summed E-state index contributed by atoms with van der Waals surface area (Å²) in [5, 5.41) is 6.55. The summed E-state index contributed by atoms with van der Waals surface area (Å²) in [7, 11) is 0. The third kappa shape index (κ3) is 8.50. The van der Waals surface area contributed by atoms with Crippen LogP contribution in [-0.4, -0.2) is 56.2 Å². The molecule has 154 valence electrons. The van der Waals surface area contributed by atoms with Crippen molar-refractivity contribution >= 4 is 35.9 Å². The highest BCUT2D eigenvalue weighted by atomic mass is 127. The lowest BCUT2D eigenvalue weighted by Gasteiger charge is -2.24. The third-order valence-electron chi connectivity index (χ3n) is 4.38. The van der Waals surface area contributed by atoms with Crippen LogP contribution in [0.1, 0.15) is 51.3 Å². The second-order valence-corrected chi connectivity index (χ2v) is 6.33. The zero-order chi connectivity index (χ0) is 18.6. The van der Waals surface area contributed by atoms with Crippen LogP contribution >= 0.6 is 24.0 Å². The smallest absolute Gasteiger partial charge is 0.305 e. The average molecular weight is 492 g/mol. The number of ether oxygens (including phenoxy) is 1. The number of esters is 1. The van der Waals surface area contributed by atoms with Crippen LogP contribution in [0, 0.1) is 0 Å². The molecule has 1 fully saturated rings. The van der Waals surface area contributed by atoms with E-state index in [0.717, 1.165) is 37.8 Å². The Morgan fingerprint density at radius 1 is 1.33 bits per heavy atom. The summed E-state index contributed by atoms with van der Waals surface area (Å²) >= 11 is 0. The van der Waals surface area contributed by atoms with E-state index in [2.05, 4.69) is 15.5 Å². The molecule has 1 aromatic rings. The van der Waals surface area contributed by atoms with E-state index in [1.807, 2.05) is 26.0 Å². The molecule has 1 aliphatic heterocycles. The largest absolute Gasteiger partial charge is 0.468 e. The maximum Gasteiger partial charge on any atom is 0.305 e. The van der Waals surface area contributed by atoms with E-state index in [4.69, 9.17) is 14.1 Å². The summed E-state index contributed by atoms with van der Waals surface area (Å²) < 4.78 is 10.6. The summed E-state index contributed by atoms with van der Waals surface area (Å²) in [6.07, 6.45) is 5.32. The Morgan fingerprint density at radius 2 is 2.11 bits per heavy atom. The average Bonchev–Trinajstić information content (AvgIpc) is 3.33. The number of nitrogens with zero attached hydrogens (tertiary/aromatic N) is 2. The predicted octanol–water partition coefficient (Wildman–Crippen LogP) is 2.93. The lowest BCUT2D eigenvalue weighted by atomic mass is 10.2. The number of hydrogen-bond acceptors (Lipinski definition) is 5. The molecular formula is C19H33IN4O3. The van der Waals surface area contributed by atoms with Crippen molar-refractivity contribution in [3.05, 3.63) is 24.2 Å². The molecule has 1 aliphatic rings. The molecule has 0 amide bonds. The monoisotopic (exact) mass is 492 g/mol. The van der Waals surface area contributed by atoms with Crippen LogP contribution in [0.3, 0.4) is 0 Å². The number of carbonyl (C=O) groups is 1. The third-order valence-corrected chi connectivity index (χ3v) is 4.38. The quantitative estimate of drug-likeness (QED) is 0.172. The van der Waals surface area contributed by atoms with Crippen molar-refractivity contribution in [2.45, 2.75) is 45.6 Å². The molecule has 0 saturated carbocycles. The summed E-state index contributed by atoms with van der Waals surface area (Å²) in [5.41, 5.74) is 0. The van der Waals surface area contributed by atoms with Crippen molar-refractivity contribution in [1.82, 2.24) is 15.5 Å². The summed E-state index contributed by atoms with van der Waals surface area (Å²) in [5.74, 6) is 1.59. The van der Waals surface area contributed by atoms with Crippen LogP contribution in [0.4, 0.5) is 0 Å².